The molecule has 0 unspecified atom stereocenters. The molecule has 4 aromatic carbocycles. The predicted molar refractivity (Wildman–Crippen MR) is 224 cm³/mol. The van der Waals surface area contributed by atoms with Crippen LogP contribution in [0.4, 0.5) is 19.2 Å². The van der Waals surface area contributed by atoms with Crippen LogP contribution in [-0.4, -0.2) is 84.8 Å². The highest BCUT2D eigenvalue weighted by atomic mass is 16.6. The number of alkyl carbamates (subject to hydrolysis) is 1. The summed E-state index contributed by atoms with van der Waals surface area (Å²) in [5.41, 5.74) is 14.9. The summed E-state index contributed by atoms with van der Waals surface area (Å²) in [6.45, 7) is 0.956. The van der Waals surface area contributed by atoms with Gasteiger partial charge in [0.1, 0.15) is 32.5 Å². The molecule has 0 aliphatic rings. The molecular formula is C44H53N7O9. The molecule has 0 saturated heterocycles. The molecule has 0 bridgehead atoms. The molecule has 0 saturated carbocycles. The summed E-state index contributed by atoms with van der Waals surface area (Å²) in [5, 5.41) is 5.43. The molecule has 0 fully saturated rings. The van der Waals surface area contributed by atoms with Gasteiger partial charge in [0.15, 0.2) is 0 Å². The third-order valence-corrected chi connectivity index (χ3v) is 8.81. The molecule has 4 rings (SSSR count). The largest absolute Gasteiger partial charge is 0.445 e. The normalized spacial score (nSPS) is 11.4. The minimum absolute atomic E-state index is 0.00884. The van der Waals surface area contributed by atoms with Crippen LogP contribution in [0.5, 0.6) is 0 Å². The molecule has 6 N–H and O–H groups in total. The second kappa shape index (κ2) is 26.1. The number of hydrogen-bond donors (Lipinski definition) is 4. The van der Waals surface area contributed by atoms with E-state index in [1.165, 1.54) is 4.90 Å². The summed E-state index contributed by atoms with van der Waals surface area (Å²) >= 11 is 0. The second-order valence-electron chi connectivity index (χ2n) is 13.4. The first kappa shape index (κ1) is 45.8. The van der Waals surface area contributed by atoms with E-state index in [9.17, 15) is 24.0 Å². The molecule has 0 radical (unpaired) electrons. The number of guanidine groups is 1. The minimum Gasteiger partial charge on any atom is -0.445 e. The highest BCUT2D eigenvalue weighted by Gasteiger charge is 2.25. The van der Waals surface area contributed by atoms with Gasteiger partial charge in [-0.15, -0.1) is 4.99 Å². The van der Waals surface area contributed by atoms with Crippen molar-refractivity contribution < 1.29 is 42.9 Å². The molecule has 0 spiro atoms. The van der Waals surface area contributed by atoms with Crippen molar-refractivity contribution in [3.05, 3.63) is 144 Å². The van der Waals surface area contributed by atoms with E-state index < -0.39 is 42.3 Å². The maximum absolute atomic E-state index is 13.6. The van der Waals surface area contributed by atoms with E-state index in [0.29, 0.717) is 31.5 Å². The lowest BCUT2D eigenvalue weighted by atomic mass is 10.1. The zero-order valence-corrected chi connectivity index (χ0v) is 33.5. The Labute approximate surface area is 349 Å². The number of nitrogens with two attached hydrogens (primary N) is 2. The zero-order valence-electron chi connectivity index (χ0n) is 33.5. The minimum atomic E-state index is -1.12. The topological polar surface area (TPSA) is 217 Å². The number of ether oxygens (including phenoxy) is 4. The first-order valence-electron chi connectivity index (χ1n) is 19.7. The van der Waals surface area contributed by atoms with E-state index in [0.717, 1.165) is 21.6 Å². The van der Waals surface area contributed by atoms with Gasteiger partial charge in [-0.25, -0.2) is 24.1 Å². The van der Waals surface area contributed by atoms with E-state index in [-0.39, 0.29) is 58.9 Å². The Morgan fingerprint density at radius 3 is 1.57 bits per heavy atom. The van der Waals surface area contributed by atoms with Crippen LogP contribution in [0.2, 0.25) is 0 Å². The average molecular weight is 824 g/mol. The summed E-state index contributed by atoms with van der Waals surface area (Å²) in [4.78, 5) is 71.7. The van der Waals surface area contributed by atoms with Crippen molar-refractivity contribution in [3.63, 3.8) is 0 Å². The number of amides is 5. The van der Waals surface area contributed by atoms with Crippen molar-refractivity contribution in [2.45, 2.75) is 58.2 Å². The van der Waals surface area contributed by atoms with Gasteiger partial charge in [0, 0.05) is 26.2 Å². The van der Waals surface area contributed by atoms with E-state index in [2.05, 4.69) is 15.6 Å². The molecule has 5 amide bonds. The summed E-state index contributed by atoms with van der Waals surface area (Å²) in [6.07, 6.45) is -2.23. The quantitative estimate of drug-likeness (QED) is 0.0338. The van der Waals surface area contributed by atoms with Crippen molar-refractivity contribution in [1.82, 2.24) is 20.4 Å². The van der Waals surface area contributed by atoms with Gasteiger partial charge in [-0.3, -0.25) is 4.79 Å². The van der Waals surface area contributed by atoms with Crippen molar-refractivity contribution in [3.8, 4) is 0 Å². The lowest BCUT2D eigenvalue weighted by molar-refractivity contribution is -0.123. The van der Waals surface area contributed by atoms with Crippen molar-refractivity contribution in [2.75, 3.05) is 32.7 Å². The van der Waals surface area contributed by atoms with E-state index in [1.54, 1.807) is 60.7 Å². The smallest absolute Gasteiger partial charge is 0.437 e. The molecule has 16 nitrogen and oxygen atoms in total. The van der Waals surface area contributed by atoms with Crippen LogP contribution >= 0.6 is 0 Å². The number of rotatable bonds is 21. The highest BCUT2D eigenvalue weighted by molar-refractivity contribution is 5.98. The van der Waals surface area contributed by atoms with E-state index in [4.69, 9.17) is 30.4 Å². The third kappa shape index (κ3) is 17.3. The zero-order chi connectivity index (χ0) is 42.8. The van der Waals surface area contributed by atoms with Crippen molar-refractivity contribution >= 4 is 36.2 Å². The number of carbonyl (C=O) groups is 5. The van der Waals surface area contributed by atoms with Gasteiger partial charge >= 0.3 is 24.4 Å². The fourth-order valence-corrected chi connectivity index (χ4v) is 5.62. The highest BCUT2D eigenvalue weighted by Crippen LogP contribution is 2.10. The van der Waals surface area contributed by atoms with Crippen LogP contribution in [-0.2, 0) is 50.2 Å². The first-order chi connectivity index (χ1) is 29.2. The van der Waals surface area contributed by atoms with Crippen molar-refractivity contribution in [1.29, 1.82) is 0 Å². The van der Waals surface area contributed by atoms with Crippen LogP contribution in [0.25, 0.3) is 0 Å². The van der Waals surface area contributed by atoms with Crippen molar-refractivity contribution in [2.24, 2.45) is 16.5 Å². The molecule has 0 heterocycles. The van der Waals surface area contributed by atoms with Crippen LogP contribution in [0.3, 0.4) is 0 Å². The second-order valence-corrected chi connectivity index (χ2v) is 13.4. The average Bonchev–Trinajstić information content (AvgIpc) is 3.28. The molecular weight excluding hydrogens is 771 g/mol. The molecule has 60 heavy (non-hydrogen) atoms. The molecule has 0 aliphatic carbocycles. The van der Waals surface area contributed by atoms with Gasteiger partial charge < -0.3 is 45.9 Å². The number of nitrogens with one attached hydrogen (secondary N) is 2. The molecule has 1 atom stereocenters. The Kier molecular flexibility index (Phi) is 19.9. The summed E-state index contributed by atoms with van der Waals surface area (Å²) in [7, 11) is 0. The number of benzene rings is 4. The fourth-order valence-electron chi connectivity index (χ4n) is 5.62. The molecule has 0 aromatic heterocycles. The Morgan fingerprint density at radius 2 is 1.05 bits per heavy atom. The molecule has 4 aromatic rings. The first-order valence-corrected chi connectivity index (χ1v) is 19.7. The maximum Gasteiger partial charge on any atom is 0.437 e. The fraction of sp³-hybridized carbons (Fsp3) is 0.318. The van der Waals surface area contributed by atoms with Crippen LogP contribution in [0.1, 0.15) is 47.9 Å². The molecule has 16 heteroatoms. The summed E-state index contributed by atoms with van der Waals surface area (Å²) in [6, 6.07) is 35.1. The Morgan fingerprint density at radius 1 is 0.583 bits per heavy atom. The summed E-state index contributed by atoms with van der Waals surface area (Å²) in [5.74, 6) is -1.01. The van der Waals surface area contributed by atoms with E-state index >= 15 is 0 Å². The van der Waals surface area contributed by atoms with Gasteiger partial charge in [0.2, 0.25) is 11.9 Å². The summed E-state index contributed by atoms with van der Waals surface area (Å²) < 4.78 is 21.6. The number of nitrogens with zero attached hydrogens (tertiary/aromatic N) is 3. The Balaban J connectivity index is 1.39. The number of aliphatic imine (C=N–C) groups is 1. The maximum atomic E-state index is 13.6. The van der Waals surface area contributed by atoms with Gasteiger partial charge in [0.25, 0.3) is 0 Å². The standard InChI is InChI=1S/C44H53N7O9/c45-25-14-27-50(43(55)59-32-36-20-9-3-10-21-36)28-15-26-47-39(52)38(48-41(53)57-30-34-16-5-1-6-17-34)24-13-29-51(44(56)60-33-37-22-11-4-12-23-37)40(46)49-42(54)58-31-35-18-7-2-8-19-35/h1-12,16-23,38H,13-15,24-33,45H2,(H,47,52)(H,48,53)(H2,46,49,54)/t38-/m0/s1. The number of carbonyl (C=O) groups excluding carboxylic acids is 5. The van der Waals surface area contributed by atoms with Gasteiger partial charge in [-0.1, -0.05) is 121 Å². The van der Waals surface area contributed by atoms with Gasteiger partial charge in [-0.05, 0) is 54.5 Å². The monoisotopic (exact) mass is 823 g/mol. The Hall–Kier alpha value is -6.94. The predicted octanol–water partition coefficient (Wildman–Crippen LogP) is 5.85. The molecule has 0 aliphatic heterocycles. The van der Waals surface area contributed by atoms with Crippen LogP contribution in [0.15, 0.2) is 126 Å². The lowest BCUT2D eigenvalue weighted by Gasteiger charge is -2.24. The Bertz CT molecular complexity index is 1940. The van der Waals surface area contributed by atoms with Crippen LogP contribution < -0.4 is 22.1 Å². The van der Waals surface area contributed by atoms with Gasteiger partial charge in [-0.2, -0.15) is 0 Å². The van der Waals surface area contributed by atoms with E-state index in [1.807, 2.05) is 60.7 Å². The van der Waals surface area contributed by atoms with Crippen LogP contribution in [0, 0.1) is 0 Å². The SMILES string of the molecule is NCCCN(CCCNC(=O)[C@H](CCCN(C(=O)OCc1ccccc1)/C(N)=N/C(=O)OCc1ccccc1)NC(=O)OCc1ccccc1)C(=O)OCc1ccccc1. The third-order valence-electron chi connectivity index (χ3n) is 8.81. The van der Waals surface area contributed by atoms with Gasteiger partial charge in [0.05, 0.1) is 0 Å². The molecule has 318 valence electrons. The lowest BCUT2D eigenvalue weighted by Crippen LogP contribution is -2.48. The number of hydrogen-bond acceptors (Lipinski definition) is 10.